The fourth-order valence-corrected chi connectivity index (χ4v) is 0.828. The van der Waals surface area contributed by atoms with Crippen LogP contribution in [0.4, 0.5) is 13.2 Å². The Labute approximate surface area is 71.1 Å². The largest absolute Gasteiger partial charge is 1.00 e. The first kappa shape index (κ1) is 9.56. The zero-order valence-electron chi connectivity index (χ0n) is 7.47. The maximum atomic E-state index is 12.1. The zero-order chi connectivity index (χ0) is 10.2. The van der Waals surface area contributed by atoms with Crippen LogP contribution in [0.3, 0.4) is 0 Å². The lowest BCUT2D eigenvalue weighted by molar-refractivity contribution is -0.144. The van der Waals surface area contributed by atoms with Crippen LogP contribution in [0.25, 0.3) is 0 Å². The summed E-state index contributed by atoms with van der Waals surface area (Å²) < 4.78 is 36.6. The van der Waals surface area contributed by atoms with Crippen molar-refractivity contribution in [2.45, 2.75) is 6.18 Å². The van der Waals surface area contributed by atoms with Crippen molar-refractivity contribution in [1.29, 1.82) is 0 Å². The number of aromatic amines is 1. The lowest BCUT2D eigenvalue weighted by Crippen LogP contribution is -2.33. The number of H-pyrrole nitrogens is 1. The van der Waals surface area contributed by atoms with Gasteiger partial charge in [-0.05, 0) is 0 Å². The molecular weight excluding hydrogens is 189 g/mol. The third kappa shape index (κ3) is 1.79. The minimum atomic E-state index is -4.69. The van der Waals surface area contributed by atoms with E-state index in [2.05, 4.69) is 0 Å². The van der Waals surface area contributed by atoms with Crippen molar-refractivity contribution in [3.05, 3.63) is 32.6 Å². The molecule has 1 rings (SSSR count). The van der Waals surface area contributed by atoms with Crippen LogP contribution in [0.2, 0.25) is 0 Å². The molecule has 1 heterocycles. The van der Waals surface area contributed by atoms with E-state index in [0.717, 1.165) is 7.05 Å². The fraction of sp³-hybridized carbons (Fsp3) is 0.333. The van der Waals surface area contributed by atoms with Crippen LogP contribution < -0.4 is 11.2 Å². The number of hydrogen-bond acceptors (Lipinski definition) is 2. The summed E-state index contributed by atoms with van der Waals surface area (Å²) in [6.45, 7) is 0. The summed E-state index contributed by atoms with van der Waals surface area (Å²) in [5, 5.41) is 0. The smallest absolute Gasteiger partial charge is 0.292 e. The first-order valence-electron chi connectivity index (χ1n) is 3.20. The minimum Gasteiger partial charge on any atom is -0.292 e. The van der Waals surface area contributed by atoms with Gasteiger partial charge in [0.1, 0.15) is 5.69 Å². The van der Waals surface area contributed by atoms with E-state index in [0.29, 0.717) is 10.6 Å². The summed E-state index contributed by atoms with van der Waals surface area (Å²) in [6, 6.07) is 0.335. The molecule has 0 bridgehead atoms. The van der Waals surface area contributed by atoms with Crippen molar-refractivity contribution < 1.29 is 14.6 Å². The topological polar surface area (TPSA) is 54.9 Å². The van der Waals surface area contributed by atoms with E-state index in [1.54, 1.807) is 4.98 Å². The molecule has 0 aliphatic carbocycles. The molecular formula is C6H6F3N2O2+. The SMILES string of the molecule is Cn1c(C(F)(F)F)cc(=O)[nH]c1=O.[H+]. The highest BCUT2D eigenvalue weighted by Gasteiger charge is 2.34. The van der Waals surface area contributed by atoms with Gasteiger partial charge in [-0.25, -0.2) is 4.79 Å². The molecule has 0 saturated heterocycles. The monoisotopic (exact) mass is 195 g/mol. The summed E-state index contributed by atoms with van der Waals surface area (Å²) >= 11 is 0. The van der Waals surface area contributed by atoms with E-state index < -0.39 is 23.1 Å². The lowest BCUT2D eigenvalue weighted by Gasteiger charge is -2.09. The van der Waals surface area contributed by atoms with Gasteiger partial charge in [-0.2, -0.15) is 13.2 Å². The molecule has 1 aromatic rings. The summed E-state index contributed by atoms with van der Waals surface area (Å²) in [6.07, 6.45) is -4.69. The molecule has 1 N–H and O–H groups in total. The average molecular weight is 195 g/mol. The third-order valence-corrected chi connectivity index (χ3v) is 1.45. The minimum absolute atomic E-state index is 0. The standard InChI is InChI=1S/C6H5F3N2O2/c1-11-3(6(7,8)9)2-4(12)10-5(11)13/h2H,1H3,(H,10,12,13)/p+1. The van der Waals surface area contributed by atoms with Crippen LogP contribution >= 0.6 is 0 Å². The Balaban J connectivity index is 0.00000169. The van der Waals surface area contributed by atoms with Gasteiger partial charge < -0.3 is 0 Å². The number of aromatic nitrogens is 2. The molecule has 13 heavy (non-hydrogen) atoms. The van der Waals surface area contributed by atoms with E-state index >= 15 is 0 Å². The van der Waals surface area contributed by atoms with Crippen molar-refractivity contribution in [2.75, 3.05) is 0 Å². The first-order valence-corrected chi connectivity index (χ1v) is 3.20. The van der Waals surface area contributed by atoms with E-state index in [4.69, 9.17) is 0 Å². The molecule has 0 fully saturated rings. The Morgan fingerprint density at radius 2 is 2.00 bits per heavy atom. The lowest BCUT2D eigenvalue weighted by atomic mass is 10.4. The number of rotatable bonds is 0. The Morgan fingerprint density at radius 1 is 1.46 bits per heavy atom. The quantitative estimate of drug-likeness (QED) is 0.643. The van der Waals surface area contributed by atoms with Crippen molar-refractivity contribution >= 4 is 0 Å². The first-order chi connectivity index (χ1) is 5.82. The molecule has 0 unspecified atom stereocenters. The van der Waals surface area contributed by atoms with E-state index in [1.807, 2.05) is 0 Å². The Morgan fingerprint density at radius 3 is 2.46 bits per heavy atom. The molecule has 0 aromatic carbocycles. The van der Waals surface area contributed by atoms with Gasteiger partial charge in [0.2, 0.25) is 0 Å². The Kier molecular flexibility index (Phi) is 2.02. The Bertz CT molecular complexity index is 434. The molecule has 0 radical (unpaired) electrons. The van der Waals surface area contributed by atoms with Gasteiger partial charge in [0.05, 0.1) is 0 Å². The van der Waals surface area contributed by atoms with Crippen LogP contribution in [0.15, 0.2) is 15.7 Å². The van der Waals surface area contributed by atoms with Gasteiger partial charge in [-0.1, -0.05) is 0 Å². The summed E-state index contributed by atoms with van der Waals surface area (Å²) in [5.74, 6) is 0. The number of nitrogens with zero attached hydrogens (tertiary/aromatic N) is 1. The third-order valence-electron chi connectivity index (χ3n) is 1.45. The molecule has 1 aromatic heterocycles. The highest BCUT2D eigenvalue weighted by molar-refractivity contribution is 5.04. The predicted octanol–water partition coefficient (Wildman–Crippen LogP) is 0.205. The highest BCUT2D eigenvalue weighted by atomic mass is 19.4. The molecule has 7 heteroatoms. The van der Waals surface area contributed by atoms with Gasteiger partial charge >= 0.3 is 13.3 Å². The fourth-order valence-electron chi connectivity index (χ4n) is 0.828. The van der Waals surface area contributed by atoms with Crippen LogP contribution in [0.1, 0.15) is 7.12 Å². The number of halogens is 3. The number of hydrogen-bond donors (Lipinski definition) is 1. The van der Waals surface area contributed by atoms with Crippen LogP contribution in [0, 0.1) is 0 Å². The molecule has 0 saturated carbocycles. The maximum absolute atomic E-state index is 12.1. The van der Waals surface area contributed by atoms with Gasteiger partial charge in [0.15, 0.2) is 0 Å². The summed E-state index contributed by atoms with van der Waals surface area (Å²) in [7, 11) is 0.932. The number of nitrogens with one attached hydrogen (secondary N) is 1. The normalized spacial score (nSPS) is 11.7. The molecule has 0 atom stereocenters. The maximum Gasteiger partial charge on any atom is 1.00 e. The molecule has 0 aliphatic rings. The van der Waals surface area contributed by atoms with Crippen molar-refractivity contribution in [2.24, 2.45) is 7.05 Å². The average Bonchev–Trinajstić information content (AvgIpc) is 1.94. The van der Waals surface area contributed by atoms with Crippen LogP contribution in [-0.2, 0) is 13.2 Å². The highest BCUT2D eigenvalue weighted by Crippen LogP contribution is 2.26. The molecule has 0 spiro atoms. The summed E-state index contributed by atoms with van der Waals surface area (Å²) in [4.78, 5) is 23.0. The van der Waals surface area contributed by atoms with Crippen molar-refractivity contribution in [3.8, 4) is 0 Å². The molecule has 4 nitrogen and oxygen atoms in total. The zero-order valence-corrected chi connectivity index (χ0v) is 6.47. The van der Waals surface area contributed by atoms with Crippen molar-refractivity contribution in [3.63, 3.8) is 0 Å². The second kappa shape index (κ2) is 2.75. The van der Waals surface area contributed by atoms with Crippen molar-refractivity contribution in [1.82, 2.24) is 9.55 Å². The van der Waals surface area contributed by atoms with E-state index in [-0.39, 0.29) is 1.43 Å². The van der Waals surface area contributed by atoms with Gasteiger partial charge in [0, 0.05) is 13.1 Å². The van der Waals surface area contributed by atoms with Crippen LogP contribution in [-0.4, -0.2) is 9.55 Å². The number of alkyl halides is 3. The Hall–Kier alpha value is -1.53. The molecule has 0 amide bonds. The predicted molar refractivity (Wildman–Crippen MR) is 38.4 cm³/mol. The second-order valence-electron chi connectivity index (χ2n) is 2.38. The second-order valence-corrected chi connectivity index (χ2v) is 2.38. The molecule has 0 aliphatic heterocycles. The van der Waals surface area contributed by atoms with E-state index in [9.17, 15) is 22.8 Å². The molecule has 72 valence electrons. The van der Waals surface area contributed by atoms with E-state index in [1.165, 1.54) is 0 Å². The van der Waals surface area contributed by atoms with Crippen LogP contribution in [0.5, 0.6) is 0 Å². The summed E-state index contributed by atoms with van der Waals surface area (Å²) in [5.41, 5.74) is -3.41. The van der Waals surface area contributed by atoms with Gasteiger partial charge in [0.25, 0.3) is 5.56 Å². The van der Waals surface area contributed by atoms with Gasteiger partial charge in [-0.3, -0.25) is 14.3 Å². The van der Waals surface area contributed by atoms with Gasteiger partial charge in [-0.15, -0.1) is 0 Å².